The smallest absolute Gasteiger partial charge is 0.241 e. The van der Waals surface area contributed by atoms with Crippen molar-refractivity contribution in [2.45, 2.75) is 40.3 Å². The van der Waals surface area contributed by atoms with E-state index in [0.717, 1.165) is 45.2 Å². The maximum atomic E-state index is 12.6. The molecule has 7 nitrogen and oxygen atoms in total. The molecule has 1 aliphatic rings. The Morgan fingerprint density at radius 2 is 1.94 bits per heavy atom. The van der Waals surface area contributed by atoms with Gasteiger partial charge in [-0.25, -0.2) is 0 Å². The molecule has 7 heteroatoms. The highest BCUT2D eigenvalue weighted by molar-refractivity contribution is 5.78. The molecule has 0 aliphatic carbocycles. The SMILES string of the molecule is CCOc1ccc(CCNC(=O)Cn2ncc3c2-c2cc(C)ccc2OC3)cc1OCC. The predicted octanol–water partition coefficient (Wildman–Crippen LogP) is 3.91. The number of aryl methyl sites for hydroxylation is 1. The summed E-state index contributed by atoms with van der Waals surface area (Å²) in [4.78, 5) is 12.6. The van der Waals surface area contributed by atoms with Crippen molar-refractivity contribution in [3.63, 3.8) is 0 Å². The van der Waals surface area contributed by atoms with Crippen LogP contribution in [0.1, 0.15) is 30.5 Å². The Morgan fingerprint density at radius 3 is 2.75 bits per heavy atom. The van der Waals surface area contributed by atoms with Gasteiger partial charge in [0.05, 0.1) is 25.1 Å². The number of amides is 1. The fourth-order valence-corrected chi connectivity index (χ4v) is 3.86. The van der Waals surface area contributed by atoms with Crippen molar-refractivity contribution in [2.24, 2.45) is 0 Å². The molecule has 0 saturated carbocycles. The van der Waals surface area contributed by atoms with Crippen LogP contribution in [0.4, 0.5) is 0 Å². The van der Waals surface area contributed by atoms with Crippen LogP contribution >= 0.6 is 0 Å². The van der Waals surface area contributed by atoms with Gasteiger partial charge in [0.1, 0.15) is 18.9 Å². The van der Waals surface area contributed by atoms with E-state index in [0.29, 0.717) is 32.8 Å². The fraction of sp³-hybridized carbons (Fsp3) is 0.360. The summed E-state index contributed by atoms with van der Waals surface area (Å²) >= 11 is 0. The van der Waals surface area contributed by atoms with Crippen LogP contribution < -0.4 is 19.5 Å². The van der Waals surface area contributed by atoms with Gasteiger partial charge in [0.2, 0.25) is 5.91 Å². The van der Waals surface area contributed by atoms with Gasteiger partial charge in [-0.1, -0.05) is 17.7 Å². The Hall–Kier alpha value is -3.48. The van der Waals surface area contributed by atoms with E-state index in [9.17, 15) is 4.79 Å². The van der Waals surface area contributed by atoms with Crippen LogP contribution in [0.5, 0.6) is 17.2 Å². The molecule has 3 aromatic rings. The predicted molar refractivity (Wildman–Crippen MR) is 122 cm³/mol. The molecule has 1 N–H and O–H groups in total. The summed E-state index contributed by atoms with van der Waals surface area (Å²) < 4.78 is 18.9. The van der Waals surface area contributed by atoms with Crippen LogP contribution in [-0.2, 0) is 24.4 Å². The molecule has 2 aromatic carbocycles. The summed E-state index contributed by atoms with van der Waals surface area (Å²) in [6, 6.07) is 12.0. The fourth-order valence-electron chi connectivity index (χ4n) is 3.86. The standard InChI is InChI=1S/C25H29N3O4/c1-4-30-22-9-7-18(13-23(22)31-5-2)10-11-26-24(29)15-28-25-19(14-27-28)16-32-21-8-6-17(3)12-20(21)25/h6-9,12-14H,4-5,10-11,15-16H2,1-3H3,(H,26,29). The summed E-state index contributed by atoms with van der Waals surface area (Å²) in [5.41, 5.74) is 5.15. The third kappa shape index (κ3) is 4.72. The first kappa shape index (κ1) is 21.7. The second-order valence-electron chi connectivity index (χ2n) is 7.71. The number of aromatic nitrogens is 2. The van der Waals surface area contributed by atoms with Crippen LogP contribution in [0, 0.1) is 6.92 Å². The minimum absolute atomic E-state index is 0.0763. The summed E-state index contributed by atoms with van der Waals surface area (Å²) in [7, 11) is 0. The highest BCUT2D eigenvalue weighted by atomic mass is 16.5. The molecule has 168 valence electrons. The maximum absolute atomic E-state index is 12.6. The number of hydrogen-bond donors (Lipinski definition) is 1. The van der Waals surface area contributed by atoms with E-state index in [1.54, 1.807) is 10.9 Å². The Kier molecular flexibility index (Phi) is 6.63. The molecule has 1 amide bonds. The molecule has 0 spiro atoms. The molecule has 0 saturated heterocycles. The van der Waals surface area contributed by atoms with Crippen molar-refractivity contribution >= 4 is 5.91 Å². The van der Waals surface area contributed by atoms with Gasteiger partial charge in [-0.2, -0.15) is 5.10 Å². The molecule has 0 unspecified atom stereocenters. The molecule has 1 aliphatic heterocycles. The summed E-state index contributed by atoms with van der Waals surface area (Å²) in [6.07, 6.45) is 2.48. The number of benzene rings is 2. The molecule has 0 fully saturated rings. The second-order valence-corrected chi connectivity index (χ2v) is 7.71. The van der Waals surface area contributed by atoms with Crippen molar-refractivity contribution in [2.75, 3.05) is 19.8 Å². The Labute approximate surface area is 188 Å². The number of hydrogen-bond acceptors (Lipinski definition) is 5. The molecule has 0 radical (unpaired) electrons. The molecular weight excluding hydrogens is 406 g/mol. The number of fused-ring (bicyclic) bond motifs is 3. The van der Waals surface area contributed by atoms with Gasteiger partial charge in [0.25, 0.3) is 0 Å². The zero-order chi connectivity index (χ0) is 22.5. The van der Waals surface area contributed by atoms with Gasteiger partial charge in [-0.15, -0.1) is 0 Å². The number of carbonyl (C=O) groups is 1. The number of rotatable bonds is 9. The Bertz CT molecular complexity index is 1110. The highest BCUT2D eigenvalue weighted by Gasteiger charge is 2.23. The lowest BCUT2D eigenvalue weighted by atomic mass is 10.0. The van der Waals surface area contributed by atoms with E-state index >= 15 is 0 Å². The average Bonchev–Trinajstić information content (AvgIpc) is 3.19. The summed E-state index contributed by atoms with van der Waals surface area (Å²) in [5.74, 6) is 2.22. The quantitative estimate of drug-likeness (QED) is 0.552. The average molecular weight is 436 g/mol. The number of carbonyl (C=O) groups excluding carboxylic acids is 1. The van der Waals surface area contributed by atoms with Gasteiger partial charge in [0, 0.05) is 17.7 Å². The lowest BCUT2D eigenvalue weighted by Gasteiger charge is -2.19. The topological polar surface area (TPSA) is 74.6 Å². The number of nitrogens with zero attached hydrogens (tertiary/aromatic N) is 2. The molecular formula is C25H29N3O4. The van der Waals surface area contributed by atoms with Crippen molar-refractivity contribution in [1.82, 2.24) is 15.1 Å². The van der Waals surface area contributed by atoms with Gasteiger partial charge < -0.3 is 19.5 Å². The van der Waals surface area contributed by atoms with E-state index in [2.05, 4.69) is 16.5 Å². The lowest BCUT2D eigenvalue weighted by Crippen LogP contribution is -2.30. The maximum Gasteiger partial charge on any atom is 0.241 e. The third-order valence-corrected chi connectivity index (χ3v) is 5.33. The molecule has 0 bridgehead atoms. The third-order valence-electron chi connectivity index (χ3n) is 5.33. The first-order chi connectivity index (χ1) is 15.6. The van der Waals surface area contributed by atoms with E-state index in [1.807, 2.05) is 51.1 Å². The zero-order valence-corrected chi connectivity index (χ0v) is 18.8. The van der Waals surface area contributed by atoms with E-state index < -0.39 is 0 Å². The molecule has 1 aromatic heterocycles. The summed E-state index contributed by atoms with van der Waals surface area (Å²) in [5, 5.41) is 7.44. The first-order valence-electron chi connectivity index (χ1n) is 11.0. The van der Waals surface area contributed by atoms with Crippen LogP contribution in [-0.4, -0.2) is 35.4 Å². The molecule has 0 atom stereocenters. The van der Waals surface area contributed by atoms with Crippen LogP contribution in [0.15, 0.2) is 42.6 Å². The second kappa shape index (κ2) is 9.77. The van der Waals surface area contributed by atoms with Crippen LogP contribution in [0.25, 0.3) is 11.3 Å². The lowest BCUT2D eigenvalue weighted by molar-refractivity contribution is -0.121. The van der Waals surface area contributed by atoms with Gasteiger partial charge >= 0.3 is 0 Å². The molecule has 4 rings (SSSR count). The first-order valence-corrected chi connectivity index (χ1v) is 11.0. The monoisotopic (exact) mass is 435 g/mol. The minimum Gasteiger partial charge on any atom is -0.490 e. The van der Waals surface area contributed by atoms with Gasteiger partial charge in [-0.05, 0) is 57.0 Å². The molecule has 2 heterocycles. The van der Waals surface area contributed by atoms with E-state index in [4.69, 9.17) is 14.2 Å². The van der Waals surface area contributed by atoms with Crippen molar-refractivity contribution in [1.29, 1.82) is 0 Å². The van der Waals surface area contributed by atoms with Crippen molar-refractivity contribution < 1.29 is 19.0 Å². The minimum atomic E-state index is -0.0763. The van der Waals surface area contributed by atoms with E-state index in [1.165, 1.54) is 0 Å². The van der Waals surface area contributed by atoms with Gasteiger partial charge in [-0.3, -0.25) is 9.48 Å². The van der Waals surface area contributed by atoms with Crippen LogP contribution in [0.3, 0.4) is 0 Å². The Balaban J connectivity index is 1.38. The normalized spacial score (nSPS) is 11.8. The van der Waals surface area contributed by atoms with Crippen molar-refractivity contribution in [3.05, 3.63) is 59.3 Å². The largest absolute Gasteiger partial charge is 0.490 e. The summed E-state index contributed by atoms with van der Waals surface area (Å²) in [6.45, 7) is 8.25. The van der Waals surface area contributed by atoms with E-state index in [-0.39, 0.29) is 12.5 Å². The molecule has 32 heavy (non-hydrogen) atoms. The number of ether oxygens (including phenoxy) is 3. The zero-order valence-electron chi connectivity index (χ0n) is 18.8. The Morgan fingerprint density at radius 1 is 1.12 bits per heavy atom. The highest BCUT2D eigenvalue weighted by Crippen LogP contribution is 2.37. The number of nitrogens with one attached hydrogen (secondary N) is 1. The van der Waals surface area contributed by atoms with Crippen LogP contribution in [0.2, 0.25) is 0 Å². The van der Waals surface area contributed by atoms with Crippen molar-refractivity contribution in [3.8, 4) is 28.5 Å². The van der Waals surface area contributed by atoms with Gasteiger partial charge in [0.15, 0.2) is 11.5 Å².